The standard InChI is InChI=1S/C19H18N2O6S/c1-27-18-6-4-16(11-15(18)12-22)28(25,26)21-9-8-14-10-13(2-5-17(14)21)3-7-19(23)20-24/h2-7,10-12,24H,8-9H2,1H3,(H,20,23)/b7-3+. The Morgan fingerprint density at radius 3 is 2.71 bits per heavy atom. The molecule has 2 N–H and O–H groups in total. The van der Waals surface area contributed by atoms with Gasteiger partial charge in [0.15, 0.2) is 6.29 Å². The number of anilines is 1. The molecule has 0 saturated carbocycles. The molecule has 1 aliphatic heterocycles. The van der Waals surface area contributed by atoms with Crippen molar-refractivity contribution in [1.82, 2.24) is 5.48 Å². The number of aldehydes is 1. The van der Waals surface area contributed by atoms with Crippen LogP contribution in [0.3, 0.4) is 0 Å². The van der Waals surface area contributed by atoms with E-state index in [0.717, 1.165) is 5.56 Å². The summed E-state index contributed by atoms with van der Waals surface area (Å²) in [4.78, 5) is 22.3. The van der Waals surface area contributed by atoms with Gasteiger partial charge in [-0.1, -0.05) is 6.07 Å². The molecule has 2 aromatic carbocycles. The van der Waals surface area contributed by atoms with E-state index < -0.39 is 15.9 Å². The van der Waals surface area contributed by atoms with Gasteiger partial charge in [-0.3, -0.25) is 19.1 Å². The van der Waals surface area contributed by atoms with Crippen molar-refractivity contribution in [2.45, 2.75) is 11.3 Å². The van der Waals surface area contributed by atoms with E-state index in [1.54, 1.807) is 18.2 Å². The number of hydrogen-bond donors (Lipinski definition) is 2. The van der Waals surface area contributed by atoms with Gasteiger partial charge < -0.3 is 4.74 Å². The monoisotopic (exact) mass is 402 g/mol. The Morgan fingerprint density at radius 1 is 1.25 bits per heavy atom. The lowest BCUT2D eigenvalue weighted by Crippen LogP contribution is -2.29. The van der Waals surface area contributed by atoms with E-state index in [0.29, 0.717) is 29.7 Å². The molecule has 0 fully saturated rings. The molecule has 0 spiro atoms. The minimum Gasteiger partial charge on any atom is -0.496 e. The molecular weight excluding hydrogens is 384 g/mol. The van der Waals surface area contributed by atoms with E-state index in [-0.39, 0.29) is 17.0 Å². The number of ether oxygens (including phenoxy) is 1. The molecule has 0 atom stereocenters. The van der Waals surface area contributed by atoms with Gasteiger partial charge in [0.05, 0.1) is 23.3 Å². The average Bonchev–Trinajstić information content (AvgIpc) is 3.15. The lowest BCUT2D eigenvalue weighted by molar-refractivity contribution is -0.124. The number of methoxy groups -OCH3 is 1. The Bertz CT molecular complexity index is 1060. The van der Waals surface area contributed by atoms with E-state index in [4.69, 9.17) is 9.94 Å². The second-order valence-electron chi connectivity index (χ2n) is 6.05. The van der Waals surface area contributed by atoms with Crippen LogP contribution in [0.15, 0.2) is 47.4 Å². The molecule has 0 aromatic heterocycles. The van der Waals surface area contributed by atoms with Crippen molar-refractivity contribution >= 4 is 34.0 Å². The summed E-state index contributed by atoms with van der Waals surface area (Å²) in [5, 5.41) is 8.52. The molecular formula is C19H18N2O6S. The summed E-state index contributed by atoms with van der Waals surface area (Å²) in [7, 11) is -2.44. The third-order valence-electron chi connectivity index (χ3n) is 4.41. The molecule has 9 heteroatoms. The number of benzene rings is 2. The third kappa shape index (κ3) is 3.62. The highest BCUT2D eigenvalue weighted by Gasteiger charge is 2.31. The SMILES string of the molecule is COc1ccc(S(=O)(=O)N2CCc3cc(/C=C/C(=O)NO)ccc32)cc1C=O. The lowest BCUT2D eigenvalue weighted by Gasteiger charge is -2.20. The average molecular weight is 402 g/mol. The van der Waals surface area contributed by atoms with E-state index in [9.17, 15) is 18.0 Å². The van der Waals surface area contributed by atoms with Gasteiger partial charge in [0.25, 0.3) is 15.9 Å². The maximum atomic E-state index is 13.1. The van der Waals surface area contributed by atoms with Crippen LogP contribution in [0.5, 0.6) is 5.75 Å². The second-order valence-corrected chi connectivity index (χ2v) is 7.91. The van der Waals surface area contributed by atoms with Crippen molar-refractivity contribution in [2.24, 2.45) is 0 Å². The molecule has 1 amide bonds. The van der Waals surface area contributed by atoms with E-state index in [1.807, 2.05) is 0 Å². The second kappa shape index (κ2) is 7.83. The first kappa shape index (κ1) is 19.6. The van der Waals surface area contributed by atoms with E-state index in [1.165, 1.54) is 47.2 Å². The highest BCUT2D eigenvalue weighted by molar-refractivity contribution is 7.92. The molecule has 1 heterocycles. The summed E-state index contributed by atoms with van der Waals surface area (Å²) >= 11 is 0. The fourth-order valence-corrected chi connectivity index (χ4v) is 4.59. The van der Waals surface area contributed by atoms with Crippen LogP contribution in [0.2, 0.25) is 0 Å². The summed E-state index contributed by atoms with van der Waals surface area (Å²) in [6.07, 6.45) is 3.75. The fraction of sp³-hybridized carbons (Fsp3) is 0.158. The highest BCUT2D eigenvalue weighted by atomic mass is 32.2. The summed E-state index contributed by atoms with van der Waals surface area (Å²) in [6, 6.07) is 9.29. The number of fused-ring (bicyclic) bond motifs is 1. The summed E-state index contributed by atoms with van der Waals surface area (Å²) in [5.74, 6) is -0.352. The maximum Gasteiger partial charge on any atom is 0.267 e. The van der Waals surface area contributed by atoms with Crippen LogP contribution in [0.25, 0.3) is 6.08 Å². The van der Waals surface area contributed by atoms with Crippen LogP contribution in [0, 0.1) is 0 Å². The van der Waals surface area contributed by atoms with Crippen molar-refractivity contribution in [2.75, 3.05) is 18.0 Å². The zero-order valence-electron chi connectivity index (χ0n) is 15.0. The van der Waals surface area contributed by atoms with Crippen molar-refractivity contribution in [1.29, 1.82) is 0 Å². The Kier molecular flexibility index (Phi) is 5.48. The Balaban J connectivity index is 1.94. The largest absolute Gasteiger partial charge is 0.496 e. The predicted molar refractivity (Wildman–Crippen MR) is 102 cm³/mol. The number of nitrogens with one attached hydrogen (secondary N) is 1. The molecule has 1 aliphatic rings. The number of carbonyl (C=O) groups excluding carboxylic acids is 2. The predicted octanol–water partition coefficient (Wildman–Crippen LogP) is 1.78. The van der Waals surface area contributed by atoms with Gasteiger partial charge in [0.2, 0.25) is 0 Å². The first-order valence-electron chi connectivity index (χ1n) is 8.31. The third-order valence-corrected chi connectivity index (χ3v) is 6.22. The quantitative estimate of drug-likeness (QED) is 0.330. The van der Waals surface area contributed by atoms with Crippen LogP contribution >= 0.6 is 0 Å². The van der Waals surface area contributed by atoms with Crippen molar-refractivity contribution in [3.63, 3.8) is 0 Å². The number of rotatable bonds is 6. The van der Waals surface area contributed by atoms with Gasteiger partial charge in [-0.25, -0.2) is 13.9 Å². The van der Waals surface area contributed by atoms with E-state index >= 15 is 0 Å². The Morgan fingerprint density at radius 2 is 2.04 bits per heavy atom. The van der Waals surface area contributed by atoms with Crippen molar-refractivity contribution < 1.29 is 28.0 Å². The van der Waals surface area contributed by atoms with E-state index in [2.05, 4.69) is 0 Å². The zero-order chi connectivity index (χ0) is 20.3. The molecule has 0 aliphatic carbocycles. The fourth-order valence-electron chi connectivity index (χ4n) is 3.05. The molecule has 0 unspecified atom stereocenters. The molecule has 0 bridgehead atoms. The number of nitrogens with zero attached hydrogens (tertiary/aromatic N) is 1. The van der Waals surface area contributed by atoms with Crippen LogP contribution in [0.4, 0.5) is 5.69 Å². The molecule has 28 heavy (non-hydrogen) atoms. The lowest BCUT2D eigenvalue weighted by atomic mass is 10.1. The van der Waals surface area contributed by atoms with Gasteiger partial charge in [-0.15, -0.1) is 0 Å². The summed E-state index contributed by atoms with van der Waals surface area (Å²) < 4.78 is 32.5. The zero-order valence-corrected chi connectivity index (χ0v) is 15.8. The number of carbonyl (C=O) groups is 2. The maximum absolute atomic E-state index is 13.1. The molecule has 146 valence electrons. The van der Waals surface area contributed by atoms with Crippen molar-refractivity contribution in [3.05, 3.63) is 59.2 Å². The minimum atomic E-state index is -3.85. The number of sulfonamides is 1. The van der Waals surface area contributed by atoms with Crippen LogP contribution < -0.4 is 14.5 Å². The summed E-state index contributed by atoms with van der Waals surface area (Å²) in [5.41, 5.74) is 3.73. The van der Waals surface area contributed by atoms with Crippen molar-refractivity contribution in [3.8, 4) is 5.75 Å². The topological polar surface area (TPSA) is 113 Å². The normalized spacial score (nSPS) is 13.4. The highest BCUT2D eigenvalue weighted by Crippen LogP contribution is 2.34. The number of hydrogen-bond acceptors (Lipinski definition) is 6. The first-order chi connectivity index (χ1) is 13.4. The molecule has 3 rings (SSSR count). The van der Waals surface area contributed by atoms with Gasteiger partial charge >= 0.3 is 0 Å². The minimum absolute atomic E-state index is 0.00633. The Hall–Kier alpha value is -3.17. The van der Waals surface area contributed by atoms with Gasteiger partial charge in [0.1, 0.15) is 5.75 Å². The number of hydroxylamine groups is 1. The van der Waals surface area contributed by atoms with Crippen LogP contribution in [-0.4, -0.2) is 39.5 Å². The molecule has 0 radical (unpaired) electrons. The molecule has 0 saturated heterocycles. The Labute approximate surface area is 162 Å². The molecule has 8 nitrogen and oxygen atoms in total. The van der Waals surface area contributed by atoms with Crippen LogP contribution in [-0.2, 0) is 21.2 Å². The molecule has 2 aromatic rings. The van der Waals surface area contributed by atoms with Gasteiger partial charge in [0, 0.05) is 12.6 Å². The summed E-state index contributed by atoms with van der Waals surface area (Å²) in [6.45, 7) is 0.268. The van der Waals surface area contributed by atoms with Gasteiger partial charge in [-0.05, 0) is 54.0 Å². The smallest absolute Gasteiger partial charge is 0.267 e. The number of amides is 1. The van der Waals surface area contributed by atoms with Gasteiger partial charge in [-0.2, -0.15) is 0 Å². The van der Waals surface area contributed by atoms with Crippen LogP contribution in [0.1, 0.15) is 21.5 Å². The first-order valence-corrected chi connectivity index (χ1v) is 9.75.